The van der Waals surface area contributed by atoms with Crippen LogP contribution in [0.4, 0.5) is 0 Å². The Morgan fingerprint density at radius 1 is 1.00 bits per heavy atom. The van der Waals surface area contributed by atoms with Crippen LogP contribution in [0.2, 0.25) is 0 Å². The smallest absolute Gasteiger partial charge is 0.316 e. The van der Waals surface area contributed by atoms with Crippen LogP contribution in [0.25, 0.3) is 0 Å². The number of fused-ring (bicyclic) bond motifs is 5. The maximum atomic E-state index is 11.2. The van der Waals surface area contributed by atoms with Crippen LogP contribution in [0.3, 0.4) is 0 Å². The van der Waals surface area contributed by atoms with E-state index in [-0.39, 0.29) is 11.5 Å². The topological polar surface area (TPSA) is 49.8 Å². The lowest BCUT2D eigenvalue weighted by atomic mass is 9.47. The van der Waals surface area contributed by atoms with Gasteiger partial charge in [0.25, 0.3) is 0 Å². The highest BCUT2D eigenvalue weighted by Crippen LogP contribution is 2.67. The third-order valence-corrected chi connectivity index (χ3v) is 12.4. The largest absolute Gasteiger partial charge is 0.326 e. The standard InChI is InChI=1S/C27H47O3P.C6H15N/c1-18(2)7-6-8-19(3)23-11-12-24-22-10-9-20-17-21(30-31(28)29)13-15-26(20,4)25(22)14-16-27(23,24)5;1-4-7(5-2)6-3/h9,18-19,21-25,31H,6-8,10-17H2,1-5H3,(H,28,29);4-6H2,1-3H3/t19-,21+,22+,23-,24+,25+,26+,27-;/m1./s1. The van der Waals surface area contributed by atoms with E-state index in [4.69, 9.17) is 4.52 Å². The van der Waals surface area contributed by atoms with Crippen molar-refractivity contribution in [2.75, 3.05) is 19.6 Å². The van der Waals surface area contributed by atoms with Crippen molar-refractivity contribution in [2.24, 2.45) is 46.3 Å². The lowest BCUT2D eigenvalue weighted by Gasteiger charge is -2.58. The van der Waals surface area contributed by atoms with Crippen molar-refractivity contribution in [3.63, 3.8) is 0 Å². The highest BCUT2D eigenvalue weighted by molar-refractivity contribution is 7.32. The van der Waals surface area contributed by atoms with E-state index < -0.39 is 8.25 Å². The van der Waals surface area contributed by atoms with Gasteiger partial charge < -0.3 is 14.3 Å². The minimum Gasteiger partial charge on any atom is -0.326 e. The first-order chi connectivity index (χ1) is 18.0. The molecule has 38 heavy (non-hydrogen) atoms. The zero-order valence-corrected chi connectivity index (χ0v) is 27.2. The molecule has 3 saturated carbocycles. The molecule has 0 aliphatic heterocycles. The first kappa shape index (κ1) is 32.4. The van der Waals surface area contributed by atoms with Crippen molar-refractivity contribution >= 4 is 8.25 Å². The van der Waals surface area contributed by atoms with Crippen LogP contribution in [0, 0.1) is 46.3 Å². The van der Waals surface area contributed by atoms with E-state index in [0.717, 1.165) is 54.8 Å². The van der Waals surface area contributed by atoms with Gasteiger partial charge in [0, 0.05) is 0 Å². The second-order valence-corrected chi connectivity index (χ2v) is 14.9. The fourth-order valence-corrected chi connectivity index (χ4v) is 10.1. The van der Waals surface area contributed by atoms with Crippen molar-refractivity contribution in [2.45, 2.75) is 132 Å². The summed E-state index contributed by atoms with van der Waals surface area (Å²) in [5, 5.41) is 0. The van der Waals surface area contributed by atoms with Gasteiger partial charge in [0.15, 0.2) is 0 Å². The summed E-state index contributed by atoms with van der Waals surface area (Å²) in [6.07, 6.45) is 16.5. The van der Waals surface area contributed by atoms with Gasteiger partial charge in [0.2, 0.25) is 0 Å². The van der Waals surface area contributed by atoms with Crippen LogP contribution in [0.1, 0.15) is 126 Å². The quantitative estimate of drug-likeness (QED) is 0.217. The summed E-state index contributed by atoms with van der Waals surface area (Å²) in [5.74, 6) is 5.14. The van der Waals surface area contributed by atoms with Gasteiger partial charge in [-0.05, 0) is 117 Å². The van der Waals surface area contributed by atoms with Crippen molar-refractivity contribution in [3.05, 3.63) is 11.6 Å². The van der Waals surface area contributed by atoms with Gasteiger partial charge in [0.05, 0.1) is 6.10 Å². The number of rotatable bonds is 10. The fourth-order valence-electron chi connectivity index (χ4n) is 9.57. The molecule has 222 valence electrons. The van der Waals surface area contributed by atoms with Gasteiger partial charge in [-0.2, -0.15) is 0 Å². The van der Waals surface area contributed by atoms with Crippen LogP contribution in [0.15, 0.2) is 11.6 Å². The Labute approximate surface area is 236 Å². The Bertz CT molecular complexity index is 790. The molecule has 4 aliphatic rings. The molecular weight excluding hydrogens is 489 g/mol. The number of hydrogen-bond acceptors (Lipinski definition) is 3. The summed E-state index contributed by atoms with van der Waals surface area (Å²) < 4.78 is 16.6. The van der Waals surface area contributed by atoms with E-state index in [9.17, 15) is 9.46 Å². The van der Waals surface area contributed by atoms with Crippen molar-refractivity contribution in [3.8, 4) is 0 Å². The molecule has 0 aromatic heterocycles. The summed E-state index contributed by atoms with van der Waals surface area (Å²) >= 11 is 0. The molecule has 9 atom stereocenters. The summed E-state index contributed by atoms with van der Waals surface area (Å²) in [7, 11) is -2.84. The van der Waals surface area contributed by atoms with Gasteiger partial charge >= 0.3 is 8.25 Å². The lowest BCUT2D eigenvalue weighted by Crippen LogP contribution is -2.50. The molecule has 4 rings (SSSR count). The molecule has 1 unspecified atom stereocenters. The van der Waals surface area contributed by atoms with Crippen LogP contribution in [0.5, 0.6) is 0 Å². The second kappa shape index (κ2) is 14.2. The van der Waals surface area contributed by atoms with Gasteiger partial charge in [-0.15, -0.1) is 0 Å². The molecule has 3 fully saturated rings. The maximum absolute atomic E-state index is 11.2. The number of hydrogen-bond donors (Lipinski definition) is 1. The van der Waals surface area contributed by atoms with E-state index >= 15 is 0 Å². The van der Waals surface area contributed by atoms with Crippen molar-refractivity contribution in [1.29, 1.82) is 0 Å². The van der Waals surface area contributed by atoms with E-state index in [1.54, 1.807) is 0 Å². The Morgan fingerprint density at radius 2 is 1.68 bits per heavy atom. The molecule has 4 aliphatic carbocycles. The Balaban J connectivity index is 0.000000505. The van der Waals surface area contributed by atoms with Crippen LogP contribution in [-0.4, -0.2) is 35.5 Å². The van der Waals surface area contributed by atoms with Gasteiger partial charge in [0.1, 0.15) is 0 Å². The lowest BCUT2D eigenvalue weighted by molar-refractivity contribution is -0.0560. The molecule has 0 spiro atoms. The van der Waals surface area contributed by atoms with Crippen molar-refractivity contribution < 1.29 is 14.0 Å². The van der Waals surface area contributed by atoms with Gasteiger partial charge in [-0.1, -0.05) is 86.3 Å². The highest BCUT2D eigenvalue weighted by atomic mass is 31.1. The molecule has 0 saturated heterocycles. The van der Waals surface area contributed by atoms with Crippen LogP contribution in [-0.2, 0) is 9.09 Å². The van der Waals surface area contributed by atoms with Crippen molar-refractivity contribution in [1.82, 2.24) is 4.90 Å². The van der Waals surface area contributed by atoms with E-state index in [0.29, 0.717) is 5.41 Å². The Morgan fingerprint density at radius 3 is 2.26 bits per heavy atom. The molecule has 0 aromatic carbocycles. The first-order valence-corrected chi connectivity index (χ1v) is 17.6. The summed E-state index contributed by atoms with van der Waals surface area (Å²) in [5.41, 5.74) is 2.36. The maximum Gasteiger partial charge on any atom is 0.316 e. The van der Waals surface area contributed by atoms with E-state index in [1.807, 2.05) is 0 Å². The summed E-state index contributed by atoms with van der Waals surface area (Å²) in [6.45, 7) is 22.6. The Hall–Kier alpha value is -0.150. The van der Waals surface area contributed by atoms with E-state index in [2.05, 4.69) is 66.4 Å². The minimum atomic E-state index is -2.84. The predicted molar refractivity (Wildman–Crippen MR) is 163 cm³/mol. The third kappa shape index (κ3) is 7.18. The zero-order chi connectivity index (χ0) is 28.1. The fraction of sp³-hybridized carbons (Fsp3) is 0.939. The SMILES string of the molecule is CC(C)CCC[C@@H](C)[C@H]1CC[C@H]2[C@@H]3CC=C4C[C@@H](O[PH](=O)O)CC[C@]4(C)[C@H]3CC[C@]12C.CCN(CC)CC. The molecule has 1 N–H and O–H groups in total. The minimum absolute atomic E-state index is 0.0522. The first-order valence-electron chi connectivity index (χ1n) is 16.3. The third-order valence-electron chi connectivity index (χ3n) is 11.9. The second-order valence-electron chi connectivity index (χ2n) is 14.2. The molecule has 0 bridgehead atoms. The van der Waals surface area contributed by atoms with E-state index in [1.165, 1.54) is 76.6 Å². The molecular formula is C33H62NO3P. The monoisotopic (exact) mass is 551 g/mol. The number of nitrogens with zero attached hydrogens (tertiary/aromatic N) is 1. The molecule has 0 heterocycles. The average Bonchev–Trinajstić information content (AvgIpc) is 3.22. The molecule has 4 nitrogen and oxygen atoms in total. The average molecular weight is 552 g/mol. The van der Waals surface area contributed by atoms with Crippen LogP contribution >= 0.6 is 8.25 Å². The van der Waals surface area contributed by atoms with Gasteiger partial charge in [-0.3, -0.25) is 4.57 Å². The summed E-state index contributed by atoms with van der Waals surface area (Å²) in [6, 6.07) is 0. The zero-order valence-electron chi connectivity index (χ0n) is 26.2. The predicted octanol–water partition coefficient (Wildman–Crippen LogP) is 9.14. The molecule has 0 radical (unpaired) electrons. The normalized spacial score (nSPS) is 38.0. The molecule has 0 aromatic rings. The molecule has 0 amide bonds. The molecule has 5 heteroatoms. The Kier molecular flexibility index (Phi) is 12.1. The summed E-state index contributed by atoms with van der Waals surface area (Å²) in [4.78, 5) is 11.6. The number of allylic oxidation sites excluding steroid dienone is 1. The van der Waals surface area contributed by atoms with Crippen LogP contribution < -0.4 is 0 Å². The van der Waals surface area contributed by atoms with Gasteiger partial charge in [-0.25, -0.2) is 0 Å². The highest BCUT2D eigenvalue weighted by Gasteiger charge is 2.59.